The molecule has 4 nitrogen and oxygen atoms in total. The molecule has 0 saturated heterocycles. The first-order valence-electron chi connectivity index (χ1n) is 9.55. The second-order valence-corrected chi connectivity index (χ2v) is 7.74. The number of benzene rings is 3. The van der Waals surface area contributed by atoms with Gasteiger partial charge in [0.25, 0.3) is 5.91 Å². The van der Waals surface area contributed by atoms with E-state index in [1.165, 1.54) is 16.0 Å². The minimum Gasteiger partial charge on any atom is -0.490 e. The monoisotopic (exact) mass is 407 g/mol. The van der Waals surface area contributed by atoms with Crippen molar-refractivity contribution in [1.82, 2.24) is 0 Å². The van der Waals surface area contributed by atoms with Crippen molar-refractivity contribution in [2.75, 3.05) is 18.5 Å². The van der Waals surface area contributed by atoms with E-state index in [2.05, 4.69) is 37.4 Å². The molecule has 0 aliphatic rings. The van der Waals surface area contributed by atoms with Gasteiger partial charge >= 0.3 is 0 Å². The van der Waals surface area contributed by atoms with Gasteiger partial charge in [-0.1, -0.05) is 30.0 Å². The van der Waals surface area contributed by atoms with Gasteiger partial charge < -0.3 is 14.8 Å². The maximum absolute atomic E-state index is 12.2. The Labute approximate surface area is 176 Å². The van der Waals surface area contributed by atoms with E-state index < -0.39 is 0 Å². The van der Waals surface area contributed by atoms with Crippen LogP contribution in [0, 0.1) is 13.8 Å². The van der Waals surface area contributed by atoms with Crippen LogP contribution >= 0.6 is 11.8 Å². The van der Waals surface area contributed by atoms with Crippen LogP contribution in [0.5, 0.6) is 11.5 Å². The van der Waals surface area contributed by atoms with E-state index in [9.17, 15) is 4.79 Å². The number of carbonyl (C=O) groups is 1. The smallest absolute Gasteiger partial charge is 0.262 e. The molecule has 0 fully saturated rings. The average molecular weight is 408 g/mol. The number of anilines is 1. The Morgan fingerprint density at radius 3 is 2.17 bits per heavy atom. The van der Waals surface area contributed by atoms with Gasteiger partial charge in [0.05, 0.1) is 6.61 Å². The molecule has 0 atom stereocenters. The molecule has 0 radical (unpaired) electrons. The number of amides is 1. The highest BCUT2D eigenvalue weighted by molar-refractivity contribution is 7.99. The molecule has 0 bridgehead atoms. The normalized spacial score (nSPS) is 10.4. The van der Waals surface area contributed by atoms with Gasteiger partial charge in [-0.2, -0.15) is 0 Å². The molecule has 29 heavy (non-hydrogen) atoms. The van der Waals surface area contributed by atoms with Crippen LogP contribution in [0.15, 0.2) is 76.5 Å². The first-order chi connectivity index (χ1) is 14.0. The Kier molecular flexibility index (Phi) is 7.19. The van der Waals surface area contributed by atoms with E-state index in [-0.39, 0.29) is 12.5 Å². The number of hydrogen-bond acceptors (Lipinski definition) is 4. The van der Waals surface area contributed by atoms with Crippen LogP contribution < -0.4 is 14.8 Å². The Balaban J connectivity index is 1.54. The van der Waals surface area contributed by atoms with Crippen LogP contribution in [0.25, 0.3) is 0 Å². The fourth-order valence-electron chi connectivity index (χ4n) is 2.70. The first kappa shape index (κ1) is 20.8. The summed E-state index contributed by atoms with van der Waals surface area (Å²) in [5, 5.41) is 2.86. The van der Waals surface area contributed by atoms with Crippen LogP contribution in [0.2, 0.25) is 0 Å². The predicted molar refractivity (Wildman–Crippen MR) is 118 cm³/mol. The molecule has 1 amide bonds. The van der Waals surface area contributed by atoms with Gasteiger partial charge in [-0.05, 0) is 80.4 Å². The Bertz CT molecular complexity index is 970. The Morgan fingerprint density at radius 1 is 0.862 bits per heavy atom. The number of aryl methyl sites for hydroxylation is 2. The molecule has 0 aliphatic carbocycles. The summed E-state index contributed by atoms with van der Waals surface area (Å²) in [6, 6.07) is 21.6. The number of carbonyl (C=O) groups excluding carboxylic acids is 1. The lowest BCUT2D eigenvalue weighted by Gasteiger charge is -2.12. The number of nitrogens with one attached hydrogen (secondary N) is 1. The fraction of sp³-hybridized carbons (Fsp3) is 0.208. The molecule has 0 heterocycles. The minimum absolute atomic E-state index is 0.0801. The third-order valence-corrected chi connectivity index (χ3v) is 5.36. The highest BCUT2D eigenvalue weighted by Gasteiger charge is 2.08. The quantitative estimate of drug-likeness (QED) is 0.507. The van der Waals surface area contributed by atoms with Crippen molar-refractivity contribution in [3.05, 3.63) is 77.9 Å². The second kappa shape index (κ2) is 10.0. The summed E-state index contributed by atoms with van der Waals surface area (Å²) in [5.41, 5.74) is 3.31. The summed E-state index contributed by atoms with van der Waals surface area (Å²) in [4.78, 5) is 14.5. The SMILES string of the molecule is CCOc1ccccc1OCC(=O)Nc1ccc(Sc2ccc(C)c(C)c2)cc1. The van der Waals surface area contributed by atoms with Gasteiger partial charge in [0, 0.05) is 15.5 Å². The molecule has 0 unspecified atom stereocenters. The molecular formula is C24H25NO3S. The van der Waals surface area contributed by atoms with Crippen molar-refractivity contribution in [2.45, 2.75) is 30.6 Å². The van der Waals surface area contributed by atoms with Crippen molar-refractivity contribution in [2.24, 2.45) is 0 Å². The highest BCUT2D eigenvalue weighted by Crippen LogP contribution is 2.30. The molecule has 0 spiro atoms. The highest BCUT2D eigenvalue weighted by atomic mass is 32.2. The Hall–Kier alpha value is -2.92. The molecule has 150 valence electrons. The van der Waals surface area contributed by atoms with Crippen molar-refractivity contribution in [3.8, 4) is 11.5 Å². The number of ether oxygens (including phenoxy) is 2. The molecule has 3 aromatic rings. The van der Waals surface area contributed by atoms with Gasteiger partial charge in [-0.25, -0.2) is 0 Å². The number of rotatable bonds is 8. The van der Waals surface area contributed by atoms with Gasteiger partial charge in [0.15, 0.2) is 18.1 Å². The van der Waals surface area contributed by atoms with E-state index in [0.29, 0.717) is 18.1 Å². The molecule has 3 rings (SSSR count). The van der Waals surface area contributed by atoms with E-state index >= 15 is 0 Å². The number of para-hydroxylation sites is 2. The maximum Gasteiger partial charge on any atom is 0.262 e. The van der Waals surface area contributed by atoms with Gasteiger partial charge in [-0.3, -0.25) is 4.79 Å². The predicted octanol–water partition coefficient (Wildman–Crippen LogP) is 5.87. The van der Waals surface area contributed by atoms with E-state index in [4.69, 9.17) is 9.47 Å². The zero-order valence-electron chi connectivity index (χ0n) is 16.9. The molecule has 0 aliphatic heterocycles. The minimum atomic E-state index is -0.217. The largest absolute Gasteiger partial charge is 0.490 e. The summed E-state index contributed by atoms with van der Waals surface area (Å²) in [6.45, 7) is 6.60. The van der Waals surface area contributed by atoms with Crippen LogP contribution in [0.3, 0.4) is 0 Å². The van der Waals surface area contributed by atoms with Crippen molar-refractivity contribution in [3.63, 3.8) is 0 Å². The number of hydrogen-bond donors (Lipinski definition) is 1. The van der Waals surface area contributed by atoms with Crippen LogP contribution in [0.4, 0.5) is 5.69 Å². The van der Waals surface area contributed by atoms with E-state index in [1.54, 1.807) is 17.8 Å². The molecular weight excluding hydrogens is 382 g/mol. The standard InChI is InChI=1S/C24H25NO3S/c1-4-27-22-7-5-6-8-23(22)28-16-24(26)25-19-10-13-20(14-11-19)29-21-12-9-17(2)18(3)15-21/h5-15H,4,16H2,1-3H3,(H,25,26). The van der Waals surface area contributed by atoms with Crippen molar-refractivity contribution < 1.29 is 14.3 Å². The Morgan fingerprint density at radius 2 is 1.52 bits per heavy atom. The summed E-state index contributed by atoms with van der Waals surface area (Å²) >= 11 is 1.70. The van der Waals surface area contributed by atoms with Crippen LogP contribution in [-0.2, 0) is 4.79 Å². The molecule has 1 N–H and O–H groups in total. The maximum atomic E-state index is 12.2. The molecule has 5 heteroatoms. The lowest BCUT2D eigenvalue weighted by molar-refractivity contribution is -0.118. The third kappa shape index (κ3) is 6.03. The summed E-state index contributed by atoms with van der Waals surface area (Å²) in [6.07, 6.45) is 0. The van der Waals surface area contributed by atoms with Crippen molar-refractivity contribution >= 4 is 23.4 Å². The third-order valence-electron chi connectivity index (χ3n) is 4.36. The first-order valence-corrected chi connectivity index (χ1v) is 10.4. The van der Waals surface area contributed by atoms with E-state index in [1.807, 2.05) is 49.4 Å². The van der Waals surface area contributed by atoms with E-state index in [0.717, 1.165) is 10.6 Å². The lowest BCUT2D eigenvalue weighted by Crippen LogP contribution is -2.20. The van der Waals surface area contributed by atoms with Gasteiger partial charge in [0.2, 0.25) is 0 Å². The topological polar surface area (TPSA) is 47.6 Å². The average Bonchev–Trinajstić information content (AvgIpc) is 2.72. The lowest BCUT2D eigenvalue weighted by atomic mass is 10.1. The summed E-state index contributed by atoms with van der Waals surface area (Å²) < 4.78 is 11.1. The van der Waals surface area contributed by atoms with Gasteiger partial charge in [-0.15, -0.1) is 0 Å². The van der Waals surface area contributed by atoms with Crippen molar-refractivity contribution in [1.29, 1.82) is 0 Å². The zero-order valence-corrected chi connectivity index (χ0v) is 17.7. The second-order valence-electron chi connectivity index (χ2n) is 6.59. The van der Waals surface area contributed by atoms with Gasteiger partial charge in [0.1, 0.15) is 0 Å². The molecule has 3 aromatic carbocycles. The summed E-state index contributed by atoms with van der Waals surface area (Å²) in [7, 11) is 0. The fourth-order valence-corrected chi connectivity index (χ4v) is 3.62. The van der Waals surface area contributed by atoms with Crippen LogP contribution in [-0.4, -0.2) is 19.1 Å². The summed E-state index contributed by atoms with van der Waals surface area (Å²) in [5.74, 6) is 0.978. The zero-order chi connectivity index (χ0) is 20.6. The molecule has 0 aromatic heterocycles. The molecule has 0 saturated carbocycles. The van der Waals surface area contributed by atoms with Crippen LogP contribution in [0.1, 0.15) is 18.1 Å².